The highest BCUT2D eigenvalue weighted by molar-refractivity contribution is 5.76. The highest BCUT2D eigenvalue weighted by Crippen LogP contribution is 2.16. The normalized spacial score (nSPS) is 13.5. The second-order valence-electron chi connectivity index (χ2n) is 17.2. The second-order valence-corrected chi connectivity index (χ2v) is 17.2. The third-order valence-corrected chi connectivity index (χ3v) is 11.4. The largest absolute Gasteiger partial charge is 0.394 e. The number of hydrogen-bond acceptors (Lipinski definition) is 3. The number of aliphatic hydroxyl groups excluding tert-OH is 2. The Morgan fingerprint density at radius 3 is 1.12 bits per heavy atom. The van der Waals surface area contributed by atoms with Crippen LogP contribution in [-0.2, 0) is 4.79 Å². The molecule has 0 aromatic carbocycles. The van der Waals surface area contributed by atoms with Gasteiger partial charge in [-0.25, -0.2) is 0 Å². The first kappa shape index (κ1) is 56.8. The minimum atomic E-state index is -0.853. The molecule has 0 aliphatic heterocycles. The highest BCUT2D eigenvalue weighted by Gasteiger charge is 2.18. The Hall–Kier alpha value is -2.17. The van der Waals surface area contributed by atoms with Crippen molar-refractivity contribution < 1.29 is 15.0 Å². The predicted molar refractivity (Wildman–Crippen MR) is 262 cm³/mol. The molecule has 342 valence electrons. The fraction of sp³-hybridized carbons (Fsp3) is 0.764. The van der Waals surface area contributed by atoms with Crippen LogP contribution in [0.15, 0.2) is 72.9 Å². The Kier molecular flexibility index (Phi) is 48.3. The highest BCUT2D eigenvalue weighted by atomic mass is 16.3. The standard InChI is InChI=1S/C55H99NO3/c1-3-5-7-9-11-13-15-17-19-21-23-25-26-27-28-29-31-32-34-36-38-40-42-44-46-48-50-54(58)53(52-57)56-55(59)51-49-47-45-43-41-39-37-35-33-30-24-22-20-18-16-14-12-10-8-6-4-2/h6,8,12,14,18,20,24,30,35,37,48,50,53-54,57-58H,3-5,7,9-11,13,15-17,19,21-23,25-29,31-34,36,38-47,49,51-52H2,1-2H3,(H,56,59)/b8-6-,14-12-,20-18-,30-24-,37-35-,50-48+. The van der Waals surface area contributed by atoms with E-state index in [0.717, 1.165) is 70.6 Å². The molecule has 0 aliphatic carbocycles. The summed E-state index contributed by atoms with van der Waals surface area (Å²) in [4.78, 5) is 12.4. The molecule has 0 saturated carbocycles. The van der Waals surface area contributed by atoms with Crippen molar-refractivity contribution >= 4 is 5.91 Å². The van der Waals surface area contributed by atoms with Crippen LogP contribution in [0.2, 0.25) is 0 Å². The number of hydrogen-bond donors (Lipinski definition) is 3. The second kappa shape index (κ2) is 50.2. The van der Waals surface area contributed by atoms with Crippen LogP contribution in [0.4, 0.5) is 0 Å². The van der Waals surface area contributed by atoms with Gasteiger partial charge in [-0.2, -0.15) is 0 Å². The van der Waals surface area contributed by atoms with Crippen molar-refractivity contribution in [1.29, 1.82) is 0 Å². The van der Waals surface area contributed by atoms with Crippen LogP contribution in [0.25, 0.3) is 0 Å². The van der Waals surface area contributed by atoms with E-state index in [4.69, 9.17) is 0 Å². The molecule has 59 heavy (non-hydrogen) atoms. The summed E-state index contributed by atoms with van der Waals surface area (Å²) >= 11 is 0. The van der Waals surface area contributed by atoms with Gasteiger partial charge in [-0.1, -0.05) is 254 Å². The Balaban J connectivity index is 3.57. The first-order valence-corrected chi connectivity index (χ1v) is 25.7. The van der Waals surface area contributed by atoms with Crippen LogP contribution >= 0.6 is 0 Å². The molecule has 0 fully saturated rings. The molecule has 0 saturated heterocycles. The van der Waals surface area contributed by atoms with E-state index in [1.165, 1.54) is 161 Å². The summed E-state index contributed by atoms with van der Waals surface area (Å²) in [6.07, 6.45) is 71.8. The molecule has 2 atom stereocenters. The van der Waals surface area contributed by atoms with Gasteiger partial charge in [0, 0.05) is 6.42 Å². The average Bonchev–Trinajstić information content (AvgIpc) is 3.24. The maximum atomic E-state index is 12.4. The number of carbonyl (C=O) groups excluding carboxylic acids is 1. The quantitative estimate of drug-likeness (QED) is 0.0423. The van der Waals surface area contributed by atoms with Gasteiger partial charge in [0.05, 0.1) is 18.8 Å². The Labute approximate surface area is 368 Å². The van der Waals surface area contributed by atoms with Crippen molar-refractivity contribution in [3.8, 4) is 0 Å². The van der Waals surface area contributed by atoms with Crippen LogP contribution in [0, 0.1) is 0 Å². The minimum Gasteiger partial charge on any atom is -0.394 e. The maximum Gasteiger partial charge on any atom is 0.220 e. The molecular formula is C55H99NO3. The average molecular weight is 822 g/mol. The molecular weight excluding hydrogens is 723 g/mol. The van der Waals surface area contributed by atoms with Gasteiger partial charge in [-0.05, 0) is 64.2 Å². The summed E-state index contributed by atoms with van der Waals surface area (Å²) in [5.74, 6) is -0.0831. The lowest BCUT2D eigenvalue weighted by Gasteiger charge is -2.20. The molecule has 4 nitrogen and oxygen atoms in total. The first-order chi connectivity index (χ1) is 29.2. The summed E-state index contributed by atoms with van der Waals surface area (Å²) in [6, 6.07) is -0.638. The van der Waals surface area contributed by atoms with Crippen LogP contribution in [0.5, 0.6) is 0 Å². The molecule has 2 unspecified atom stereocenters. The molecule has 0 radical (unpaired) electrons. The topological polar surface area (TPSA) is 69.6 Å². The zero-order valence-corrected chi connectivity index (χ0v) is 39.3. The third-order valence-electron chi connectivity index (χ3n) is 11.4. The molecule has 0 heterocycles. The van der Waals surface area contributed by atoms with Gasteiger partial charge in [0.2, 0.25) is 5.91 Å². The van der Waals surface area contributed by atoms with E-state index in [0.29, 0.717) is 6.42 Å². The third kappa shape index (κ3) is 46.7. The van der Waals surface area contributed by atoms with E-state index >= 15 is 0 Å². The summed E-state index contributed by atoms with van der Waals surface area (Å²) < 4.78 is 0. The number of carbonyl (C=O) groups is 1. The summed E-state index contributed by atoms with van der Waals surface area (Å²) in [7, 11) is 0. The van der Waals surface area contributed by atoms with Gasteiger partial charge in [-0.15, -0.1) is 0 Å². The Morgan fingerprint density at radius 2 is 0.746 bits per heavy atom. The van der Waals surface area contributed by atoms with Crippen molar-refractivity contribution in [2.24, 2.45) is 0 Å². The van der Waals surface area contributed by atoms with E-state index in [-0.39, 0.29) is 12.5 Å². The molecule has 1 amide bonds. The number of aliphatic hydroxyl groups is 2. The molecule has 3 N–H and O–H groups in total. The number of unbranched alkanes of at least 4 members (excludes halogenated alkanes) is 29. The summed E-state index contributed by atoms with van der Waals surface area (Å²) in [5, 5.41) is 23.1. The molecule has 0 aromatic heterocycles. The smallest absolute Gasteiger partial charge is 0.220 e. The van der Waals surface area contributed by atoms with Gasteiger partial charge in [-0.3, -0.25) is 4.79 Å². The lowest BCUT2D eigenvalue weighted by molar-refractivity contribution is -0.123. The van der Waals surface area contributed by atoms with Crippen LogP contribution in [-0.4, -0.2) is 34.9 Å². The lowest BCUT2D eigenvalue weighted by Crippen LogP contribution is -2.45. The van der Waals surface area contributed by atoms with Crippen molar-refractivity contribution in [2.75, 3.05) is 6.61 Å². The molecule has 0 aromatic rings. The Morgan fingerprint density at radius 1 is 0.424 bits per heavy atom. The number of rotatable bonds is 46. The van der Waals surface area contributed by atoms with E-state index in [1.807, 2.05) is 6.08 Å². The van der Waals surface area contributed by atoms with E-state index in [1.54, 1.807) is 6.08 Å². The molecule has 0 aliphatic rings. The Bertz CT molecular complexity index is 1020. The van der Waals surface area contributed by atoms with E-state index in [9.17, 15) is 15.0 Å². The minimum absolute atomic E-state index is 0.0831. The maximum absolute atomic E-state index is 12.4. The van der Waals surface area contributed by atoms with Gasteiger partial charge in [0.1, 0.15) is 0 Å². The fourth-order valence-corrected chi connectivity index (χ4v) is 7.56. The zero-order chi connectivity index (χ0) is 42.8. The number of allylic oxidation sites excluding steroid dienone is 11. The number of nitrogens with one attached hydrogen (secondary N) is 1. The van der Waals surface area contributed by atoms with Crippen molar-refractivity contribution in [3.05, 3.63) is 72.9 Å². The van der Waals surface area contributed by atoms with Crippen LogP contribution < -0.4 is 5.32 Å². The van der Waals surface area contributed by atoms with E-state index in [2.05, 4.69) is 79.9 Å². The molecule has 0 spiro atoms. The van der Waals surface area contributed by atoms with E-state index < -0.39 is 12.1 Å². The zero-order valence-electron chi connectivity index (χ0n) is 39.3. The molecule has 0 bridgehead atoms. The predicted octanol–water partition coefficient (Wildman–Crippen LogP) is 16.6. The van der Waals surface area contributed by atoms with Gasteiger partial charge in [0.15, 0.2) is 0 Å². The summed E-state index contributed by atoms with van der Waals surface area (Å²) in [5.41, 5.74) is 0. The van der Waals surface area contributed by atoms with Crippen LogP contribution in [0.3, 0.4) is 0 Å². The van der Waals surface area contributed by atoms with Gasteiger partial charge >= 0.3 is 0 Å². The summed E-state index contributed by atoms with van der Waals surface area (Å²) in [6.45, 7) is 4.20. The molecule has 4 heteroatoms. The fourth-order valence-electron chi connectivity index (χ4n) is 7.56. The van der Waals surface area contributed by atoms with Crippen molar-refractivity contribution in [1.82, 2.24) is 5.32 Å². The lowest BCUT2D eigenvalue weighted by atomic mass is 10.0. The van der Waals surface area contributed by atoms with Crippen molar-refractivity contribution in [3.63, 3.8) is 0 Å². The monoisotopic (exact) mass is 822 g/mol. The van der Waals surface area contributed by atoms with Gasteiger partial charge < -0.3 is 15.5 Å². The molecule has 0 rings (SSSR count). The van der Waals surface area contributed by atoms with Crippen molar-refractivity contribution in [2.45, 2.75) is 264 Å². The first-order valence-electron chi connectivity index (χ1n) is 25.7. The SMILES string of the molecule is CC/C=C\C/C=C\C/C=C\C/C=C\C/C=C\CCCCCCCC(=O)NC(CO)C(O)/C=C/CCCCCCCCCCCCCCCCCCCCCCCCCC. The van der Waals surface area contributed by atoms with Gasteiger partial charge in [0.25, 0.3) is 0 Å². The van der Waals surface area contributed by atoms with Crippen LogP contribution in [0.1, 0.15) is 251 Å². The number of amides is 1.